The van der Waals surface area contributed by atoms with Gasteiger partial charge >= 0.3 is 0 Å². The topological polar surface area (TPSA) is 110 Å². The summed E-state index contributed by atoms with van der Waals surface area (Å²) in [4.78, 5) is 9.25. The van der Waals surface area contributed by atoms with Crippen LogP contribution in [-0.2, 0) is 19.3 Å². The highest BCUT2D eigenvalue weighted by Crippen LogP contribution is 2.27. The Morgan fingerprint density at radius 2 is 1.39 bits per heavy atom. The number of nitrogens with two attached hydrogens (primary N) is 1. The smallest absolute Gasteiger partial charge is 0.177 e. The first kappa shape index (κ1) is 33.6. The summed E-state index contributed by atoms with van der Waals surface area (Å²) in [6.45, 7) is 17.3. The Kier molecular flexibility index (Phi) is 15.9. The van der Waals surface area contributed by atoms with E-state index in [2.05, 4.69) is 73.4 Å². The molecule has 0 aliphatic carbocycles. The van der Waals surface area contributed by atoms with E-state index in [1.54, 1.807) is 0 Å². The van der Waals surface area contributed by atoms with Crippen molar-refractivity contribution >= 4 is 26.4 Å². The Hall–Kier alpha value is -3.62. The lowest BCUT2D eigenvalue weighted by Crippen LogP contribution is -2.39. The minimum Gasteiger partial charge on any atom is -0.379 e. The lowest BCUT2D eigenvalue weighted by Gasteiger charge is -2.26. The van der Waals surface area contributed by atoms with Gasteiger partial charge in [-0.3, -0.25) is 9.80 Å². The van der Waals surface area contributed by atoms with E-state index in [9.17, 15) is 8.42 Å². The molecule has 4 rings (SSSR count). The molecule has 2 fully saturated rings. The molecule has 3 N–H and O–H groups in total. The molecule has 41 heavy (non-hydrogen) atoms. The first-order valence-electron chi connectivity index (χ1n) is 13.3. The molecule has 0 spiro atoms. The maximum atomic E-state index is 11.9. The van der Waals surface area contributed by atoms with Crippen LogP contribution in [0.4, 0.5) is 5.82 Å². The molecular weight excluding hydrogens is 538 g/mol. The number of hydrogen-bond donors (Lipinski definition) is 2. The van der Waals surface area contributed by atoms with Gasteiger partial charge in [-0.15, -0.1) is 0 Å². The Balaban J connectivity index is 0.000000269. The number of hydrogen-bond acceptors (Lipinski definition) is 9. The molecule has 1 aromatic heterocycles. The van der Waals surface area contributed by atoms with Gasteiger partial charge in [0.1, 0.15) is 5.82 Å². The number of anilines is 1. The van der Waals surface area contributed by atoms with Gasteiger partial charge in [0.25, 0.3) is 0 Å². The fourth-order valence-electron chi connectivity index (χ4n) is 3.95. The van der Waals surface area contributed by atoms with Gasteiger partial charge < -0.3 is 20.5 Å². The molecule has 0 radical (unpaired) electrons. The third-order valence-corrected chi connectivity index (χ3v) is 7.08. The molecule has 218 valence electrons. The second-order valence-corrected chi connectivity index (χ2v) is 10.9. The summed E-state index contributed by atoms with van der Waals surface area (Å²) in [6.07, 6.45) is 2.65. The van der Waals surface area contributed by atoms with Crippen molar-refractivity contribution in [3.05, 3.63) is 83.7 Å². The average Bonchev–Trinajstić information content (AvgIpc) is 2.98. The van der Waals surface area contributed by atoms with E-state index in [1.165, 1.54) is 12.5 Å². The van der Waals surface area contributed by atoms with E-state index in [-0.39, 0.29) is 4.90 Å². The zero-order valence-electron chi connectivity index (χ0n) is 23.7. The van der Waals surface area contributed by atoms with Gasteiger partial charge in [-0.05, 0) is 41.8 Å². The van der Waals surface area contributed by atoms with Gasteiger partial charge in [0.05, 0.1) is 31.3 Å². The summed E-state index contributed by atoms with van der Waals surface area (Å²) in [5, 5.41) is 4.86. The van der Waals surface area contributed by atoms with Gasteiger partial charge in [0, 0.05) is 75.6 Å². The van der Waals surface area contributed by atoms with Crippen LogP contribution in [0.2, 0.25) is 0 Å². The van der Waals surface area contributed by atoms with E-state index >= 15 is 0 Å². The van der Waals surface area contributed by atoms with Crippen molar-refractivity contribution < 1.29 is 17.9 Å². The molecule has 3 heterocycles. The normalized spacial score (nSPS) is 15.0. The summed E-state index contributed by atoms with van der Waals surface area (Å²) >= 11 is 0. The second kappa shape index (κ2) is 19.5. The second-order valence-electron chi connectivity index (χ2n) is 8.89. The Bertz CT molecular complexity index is 1430. The highest BCUT2D eigenvalue weighted by atomic mass is 32.2. The van der Waals surface area contributed by atoms with Crippen molar-refractivity contribution in [1.82, 2.24) is 14.8 Å². The number of rotatable bonds is 7. The van der Waals surface area contributed by atoms with Crippen LogP contribution in [-0.4, -0.2) is 108 Å². The minimum atomic E-state index is -3.30. The molecule has 1 aromatic carbocycles. The SMILES string of the molecule is C=C=C=C=C=C=C=C=C.CS(=O)(=O)c1cnc(NCCN2CCOCC2)c2ccccc12.NCCN1CCOCC1. The van der Waals surface area contributed by atoms with E-state index in [1.807, 2.05) is 24.3 Å². The van der Waals surface area contributed by atoms with Crippen LogP contribution in [0, 0.1) is 0 Å². The molecule has 9 nitrogen and oxygen atoms in total. The van der Waals surface area contributed by atoms with Crippen LogP contribution < -0.4 is 11.1 Å². The Morgan fingerprint density at radius 1 is 0.878 bits per heavy atom. The monoisotopic (exact) mass is 577 g/mol. The predicted octanol–water partition coefficient (Wildman–Crippen LogP) is 2.55. The van der Waals surface area contributed by atoms with Crippen molar-refractivity contribution in [2.75, 3.05) is 90.4 Å². The van der Waals surface area contributed by atoms with Crippen molar-refractivity contribution in [2.24, 2.45) is 5.73 Å². The summed E-state index contributed by atoms with van der Waals surface area (Å²) in [7, 11) is -3.30. The van der Waals surface area contributed by atoms with Crippen molar-refractivity contribution in [3.63, 3.8) is 0 Å². The van der Waals surface area contributed by atoms with Gasteiger partial charge in [0.2, 0.25) is 0 Å². The van der Waals surface area contributed by atoms with Crippen molar-refractivity contribution in [1.29, 1.82) is 0 Å². The molecule has 0 unspecified atom stereocenters. The van der Waals surface area contributed by atoms with Crippen LogP contribution in [0.25, 0.3) is 10.8 Å². The minimum absolute atomic E-state index is 0.270. The highest BCUT2D eigenvalue weighted by molar-refractivity contribution is 7.91. The number of pyridine rings is 1. The van der Waals surface area contributed by atoms with Gasteiger partial charge in [-0.1, -0.05) is 35.7 Å². The largest absolute Gasteiger partial charge is 0.379 e. The summed E-state index contributed by atoms with van der Waals surface area (Å²) in [5.74, 6) is 0.723. The molecule has 0 amide bonds. The van der Waals surface area contributed by atoms with Crippen LogP contribution in [0.5, 0.6) is 0 Å². The van der Waals surface area contributed by atoms with Crippen LogP contribution in [0.1, 0.15) is 0 Å². The van der Waals surface area contributed by atoms with E-state index < -0.39 is 9.84 Å². The molecule has 0 bridgehead atoms. The third kappa shape index (κ3) is 13.1. The van der Waals surface area contributed by atoms with Crippen molar-refractivity contribution in [3.8, 4) is 0 Å². The molecule has 2 saturated heterocycles. The van der Waals surface area contributed by atoms with E-state index in [0.29, 0.717) is 5.39 Å². The first-order valence-corrected chi connectivity index (χ1v) is 15.2. The number of aromatic nitrogens is 1. The van der Waals surface area contributed by atoms with Crippen molar-refractivity contribution in [2.45, 2.75) is 4.90 Å². The fourth-order valence-corrected chi connectivity index (χ4v) is 4.77. The zero-order chi connectivity index (χ0) is 29.8. The molecule has 2 aromatic rings. The highest BCUT2D eigenvalue weighted by Gasteiger charge is 2.15. The number of ether oxygens (including phenoxy) is 2. The lowest BCUT2D eigenvalue weighted by molar-refractivity contribution is 0.0394. The maximum absolute atomic E-state index is 11.9. The molecular formula is C31H39N5O4S. The summed E-state index contributed by atoms with van der Waals surface area (Å²) in [5.41, 5.74) is 22.3. The molecule has 0 saturated carbocycles. The van der Waals surface area contributed by atoms with Crippen LogP contribution in [0.15, 0.2) is 88.6 Å². The number of sulfone groups is 1. The van der Waals surface area contributed by atoms with E-state index in [4.69, 9.17) is 15.2 Å². The standard InChI is InChI=1S/C16H21N3O3S.C9H4.C6H14N2O/c1-23(20,21)15-12-18-16(14-5-3-2-4-13(14)15)17-6-7-19-8-10-22-11-9-19;1-3-5-7-9-8-6-4-2;7-1-2-8-3-5-9-6-4-8/h2-5,12H,6-11H2,1H3,(H,17,18);1-2H2;1-7H2. The Morgan fingerprint density at radius 3 is 1.90 bits per heavy atom. The van der Waals surface area contributed by atoms with Crippen LogP contribution >= 0.6 is 0 Å². The number of fused-ring (bicyclic) bond motifs is 1. The average molecular weight is 578 g/mol. The number of nitrogens with one attached hydrogen (secondary N) is 1. The quantitative estimate of drug-likeness (QED) is 0.480. The van der Waals surface area contributed by atoms with Gasteiger partial charge in [-0.2, -0.15) is 0 Å². The zero-order valence-corrected chi connectivity index (χ0v) is 24.6. The van der Waals surface area contributed by atoms with Gasteiger partial charge in [0.15, 0.2) is 9.84 Å². The fraction of sp³-hybridized carbons (Fsp3) is 0.419. The molecule has 10 heteroatoms. The maximum Gasteiger partial charge on any atom is 0.177 e. The molecule has 2 aliphatic rings. The first-order chi connectivity index (χ1) is 19.9. The number of nitrogens with zero attached hydrogens (tertiary/aromatic N) is 3. The summed E-state index contributed by atoms with van der Waals surface area (Å²) < 4.78 is 34.3. The third-order valence-electron chi connectivity index (χ3n) is 5.96. The summed E-state index contributed by atoms with van der Waals surface area (Å²) in [6, 6.07) is 7.45. The number of benzene rings is 1. The molecule has 2 aliphatic heterocycles. The lowest BCUT2D eigenvalue weighted by atomic mass is 10.1. The Labute approximate surface area is 243 Å². The predicted molar refractivity (Wildman–Crippen MR) is 163 cm³/mol. The number of morpholine rings is 2. The van der Waals surface area contributed by atoms with E-state index in [0.717, 1.165) is 90.0 Å². The van der Waals surface area contributed by atoms with Gasteiger partial charge in [-0.25, -0.2) is 13.4 Å². The molecule has 0 atom stereocenters. The van der Waals surface area contributed by atoms with Crippen LogP contribution in [0.3, 0.4) is 0 Å².